The second kappa shape index (κ2) is 6.06. The maximum Gasteiger partial charge on any atom is 0.244 e. The Bertz CT molecular complexity index is 493. The topological polar surface area (TPSA) is 70.2 Å². The number of carbonyl (C=O) groups excluding carboxylic acids is 1. The molecule has 1 aromatic rings. The van der Waals surface area contributed by atoms with E-state index in [0.29, 0.717) is 13.1 Å². The summed E-state index contributed by atoms with van der Waals surface area (Å²) in [5, 5.41) is 9.22. The Morgan fingerprint density at radius 1 is 1.47 bits per heavy atom. The Balaban J connectivity index is 1.90. The van der Waals surface area contributed by atoms with Crippen LogP contribution in [-0.4, -0.2) is 40.8 Å². The average molecular weight is 281 g/mol. The largest absolute Gasteiger partial charge is 0.381 e. The van der Waals surface area contributed by atoms with E-state index in [1.54, 1.807) is 6.26 Å². The Morgan fingerprint density at radius 2 is 2.16 bits per heavy atom. The lowest BCUT2D eigenvalue weighted by Gasteiger charge is -2.27. The molecule has 1 aliphatic rings. The van der Waals surface area contributed by atoms with Gasteiger partial charge in [0.25, 0.3) is 0 Å². The van der Waals surface area contributed by atoms with Gasteiger partial charge in [0, 0.05) is 35.4 Å². The zero-order valence-electron chi connectivity index (χ0n) is 11.1. The Hall–Kier alpha value is -1.56. The maximum absolute atomic E-state index is 12.0. The molecule has 3 atom stereocenters. The lowest BCUT2D eigenvalue weighted by Crippen LogP contribution is -2.47. The van der Waals surface area contributed by atoms with E-state index in [0.717, 1.165) is 11.4 Å². The SMILES string of the molecule is CC(CNC(=O)C1CNc2ccccc2N1)S(C)=O. The van der Waals surface area contributed by atoms with Crippen molar-refractivity contribution in [3.05, 3.63) is 24.3 Å². The molecule has 1 aliphatic heterocycles. The Morgan fingerprint density at radius 3 is 2.84 bits per heavy atom. The highest BCUT2D eigenvalue weighted by Gasteiger charge is 2.23. The fraction of sp³-hybridized carbons (Fsp3) is 0.462. The molecule has 104 valence electrons. The third kappa shape index (κ3) is 3.47. The van der Waals surface area contributed by atoms with Crippen LogP contribution in [0.5, 0.6) is 0 Å². The monoisotopic (exact) mass is 281 g/mol. The van der Waals surface area contributed by atoms with Crippen LogP contribution in [-0.2, 0) is 15.6 Å². The molecule has 0 saturated heterocycles. The molecule has 0 fully saturated rings. The van der Waals surface area contributed by atoms with Gasteiger partial charge in [-0.2, -0.15) is 0 Å². The zero-order chi connectivity index (χ0) is 13.8. The second-order valence-corrected chi connectivity index (χ2v) is 6.48. The van der Waals surface area contributed by atoms with Gasteiger partial charge < -0.3 is 16.0 Å². The second-order valence-electron chi connectivity index (χ2n) is 4.68. The molecule has 0 bridgehead atoms. The standard InChI is InChI=1S/C13H19N3O2S/c1-9(19(2)18)7-15-13(17)12-8-14-10-5-3-4-6-11(10)16-12/h3-6,9,12,14,16H,7-8H2,1-2H3,(H,15,17). The summed E-state index contributed by atoms with van der Waals surface area (Å²) in [6, 6.07) is 7.49. The van der Waals surface area contributed by atoms with Crippen LogP contribution in [0.3, 0.4) is 0 Å². The first-order chi connectivity index (χ1) is 9.08. The summed E-state index contributed by atoms with van der Waals surface area (Å²) in [5.74, 6) is -0.0701. The molecule has 1 heterocycles. The van der Waals surface area contributed by atoms with E-state index in [1.807, 2.05) is 31.2 Å². The number of carbonyl (C=O) groups is 1. The first-order valence-electron chi connectivity index (χ1n) is 6.27. The molecule has 0 radical (unpaired) electrons. The number of benzene rings is 1. The Kier molecular flexibility index (Phi) is 4.42. The highest BCUT2D eigenvalue weighted by atomic mass is 32.2. The molecule has 19 heavy (non-hydrogen) atoms. The van der Waals surface area contributed by atoms with Gasteiger partial charge in [0.15, 0.2) is 0 Å². The number of hydrogen-bond acceptors (Lipinski definition) is 4. The fourth-order valence-electron chi connectivity index (χ4n) is 1.86. The number of amides is 1. The molecule has 2 rings (SSSR count). The van der Waals surface area contributed by atoms with Gasteiger partial charge >= 0.3 is 0 Å². The molecular formula is C13H19N3O2S. The van der Waals surface area contributed by atoms with Crippen LogP contribution >= 0.6 is 0 Å². The predicted molar refractivity (Wildman–Crippen MR) is 78.9 cm³/mol. The molecule has 0 aromatic heterocycles. The lowest BCUT2D eigenvalue weighted by atomic mass is 10.1. The van der Waals surface area contributed by atoms with Crippen LogP contribution in [0.1, 0.15) is 6.92 Å². The van der Waals surface area contributed by atoms with Crippen molar-refractivity contribution in [2.75, 3.05) is 30.0 Å². The van der Waals surface area contributed by atoms with Crippen molar-refractivity contribution in [2.45, 2.75) is 18.2 Å². The number of hydrogen-bond donors (Lipinski definition) is 3. The van der Waals surface area contributed by atoms with Gasteiger partial charge in [-0.1, -0.05) is 12.1 Å². The van der Waals surface area contributed by atoms with Gasteiger partial charge in [-0.3, -0.25) is 9.00 Å². The molecule has 0 saturated carbocycles. The van der Waals surface area contributed by atoms with Crippen molar-refractivity contribution in [3.8, 4) is 0 Å². The third-order valence-electron chi connectivity index (χ3n) is 3.20. The van der Waals surface area contributed by atoms with Crippen LogP contribution in [0.4, 0.5) is 11.4 Å². The summed E-state index contributed by atoms with van der Waals surface area (Å²) in [5.41, 5.74) is 1.94. The highest BCUT2D eigenvalue weighted by molar-refractivity contribution is 7.84. The van der Waals surface area contributed by atoms with Crippen LogP contribution in [0, 0.1) is 0 Å². The molecule has 5 nitrogen and oxygen atoms in total. The number of para-hydroxylation sites is 2. The third-order valence-corrected chi connectivity index (χ3v) is 4.50. The molecule has 1 amide bonds. The van der Waals surface area contributed by atoms with Crippen molar-refractivity contribution in [1.82, 2.24) is 5.32 Å². The van der Waals surface area contributed by atoms with Gasteiger partial charge in [-0.05, 0) is 19.1 Å². The zero-order valence-corrected chi connectivity index (χ0v) is 11.9. The van der Waals surface area contributed by atoms with E-state index >= 15 is 0 Å². The lowest BCUT2D eigenvalue weighted by molar-refractivity contribution is -0.121. The van der Waals surface area contributed by atoms with Crippen molar-refractivity contribution in [3.63, 3.8) is 0 Å². The fourth-order valence-corrected chi connectivity index (χ4v) is 2.18. The Labute approximate surface area is 115 Å². The molecular weight excluding hydrogens is 262 g/mol. The van der Waals surface area contributed by atoms with Crippen molar-refractivity contribution in [1.29, 1.82) is 0 Å². The van der Waals surface area contributed by atoms with E-state index < -0.39 is 10.8 Å². The maximum atomic E-state index is 12.0. The smallest absolute Gasteiger partial charge is 0.244 e. The van der Waals surface area contributed by atoms with E-state index in [9.17, 15) is 9.00 Å². The quantitative estimate of drug-likeness (QED) is 0.762. The summed E-state index contributed by atoms with van der Waals surface area (Å²) in [4.78, 5) is 12.0. The average Bonchev–Trinajstić information content (AvgIpc) is 2.43. The van der Waals surface area contributed by atoms with Crippen LogP contribution in [0.2, 0.25) is 0 Å². The summed E-state index contributed by atoms with van der Waals surface area (Å²) < 4.78 is 11.2. The van der Waals surface area contributed by atoms with Gasteiger partial charge in [0.1, 0.15) is 6.04 Å². The molecule has 0 spiro atoms. The number of anilines is 2. The normalized spacial score (nSPS) is 20.4. The highest BCUT2D eigenvalue weighted by Crippen LogP contribution is 2.25. The summed E-state index contributed by atoms with van der Waals surface area (Å²) in [6.45, 7) is 2.84. The van der Waals surface area contributed by atoms with Crippen LogP contribution in [0.25, 0.3) is 0 Å². The molecule has 6 heteroatoms. The minimum atomic E-state index is -0.919. The molecule has 0 aliphatic carbocycles. The first kappa shape index (κ1) is 13.9. The minimum absolute atomic E-state index is 0.0345. The van der Waals surface area contributed by atoms with E-state index in [4.69, 9.17) is 0 Å². The molecule has 3 N–H and O–H groups in total. The summed E-state index contributed by atoms with van der Waals surface area (Å²) >= 11 is 0. The van der Waals surface area contributed by atoms with Gasteiger partial charge in [0.05, 0.1) is 11.4 Å². The van der Waals surface area contributed by atoms with Crippen molar-refractivity contribution in [2.24, 2.45) is 0 Å². The van der Waals surface area contributed by atoms with Gasteiger partial charge in [0.2, 0.25) is 5.91 Å². The van der Waals surface area contributed by atoms with Gasteiger partial charge in [-0.25, -0.2) is 0 Å². The number of nitrogens with one attached hydrogen (secondary N) is 3. The van der Waals surface area contributed by atoms with Gasteiger partial charge in [-0.15, -0.1) is 0 Å². The van der Waals surface area contributed by atoms with E-state index in [2.05, 4.69) is 16.0 Å². The number of fused-ring (bicyclic) bond motifs is 1. The van der Waals surface area contributed by atoms with Crippen molar-refractivity contribution < 1.29 is 9.00 Å². The van der Waals surface area contributed by atoms with Crippen molar-refractivity contribution >= 4 is 28.1 Å². The van der Waals surface area contributed by atoms with E-state index in [-0.39, 0.29) is 17.2 Å². The van der Waals surface area contributed by atoms with Crippen LogP contribution in [0.15, 0.2) is 24.3 Å². The first-order valence-corrected chi connectivity index (χ1v) is 7.89. The number of rotatable bonds is 4. The molecule has 1 aromatic carbocycles. The van der Waals surface area contributed by atoms with E-state index in [1.165, 1.54) is 0 Å². The predicted octanol–water partition coefficient (Wildman–Crippen LogP) is 0.776. The summed E-state index contributed by atoms with van der Waals surface area (Å²) in [6.07, 6.45) is 1.65. The minimum Gasteiger partial charge on any atom is -0.381 e. The molecule has 3 unspecified atom stereocenters. The summed E-state index contributed by atoms with van der Waals surface area (Å²) in [7, 11) is -0.919. The van der Waals surface area contributed by atoms with Crippen LogP contribution < -0.4 is 16.0 Å².